The van der Waals surface area contributed by atoms with Gasteiger partial charge in [-0.05, 0) is 30.3 Å². The maximum Gasteiger partial charge on any atom is 0.130 e. The molecule has 0 saturated carbocycles. The minimum absolute atomic E-state index is 0.215. The van der Waals surface area contributed by atoms with Gasteiger partial charge >= 0.3 is 0 Å². The molecule has 0 radical (unpaired) electrons. The van der Waals surface area contributed by atoms with E-state index in [1.54, 1.807) is 0 Å². The lowest BCUT2D eigenvalue weighted by Crippen LogP contribution is -1.92. The maximum atomic E-state index is 5.65. The van der Waals surface area contributed by atoms with Crippen LogP contribution < -0.4 is 0 Å². The molecule has 1 aliphatic heterocycles. The molecule has 17 heavy (non-hydrogen) atoms. The SMILES string of the molecule is Brc1ccc(-n2ccc([C@@H]3OCCS3)c2)cc1. The first-order valence-electron chi connectivity index (χ1n) is 5.50. The van der Waals surface area contributed by atoms with E-state index in [1.807, 2.05) is 11.8 Å². The molecule has 4 heteroatoms. The maximum absolute atomic E-state index is 5.65. The summed E-state index contributed by atoms with van der Waals surface area (Å²) in [6.45, 7) is 0.860. The van der Waals surface area contributed by atoms with Crippen LogP contribution in [0.2, 0.25) is 0 Å². The van der Waals surface area contributed by atoms with Crippen LogP contribution in [0.1, 0.15) is 11.0 Å². The molecular formula is C13H12BrNOS. The van der Waals surface area contributed by atoms with E-state index in [9.17, 15) is 0 Å². The molecule has 88 valence electrons. The van der Waals surface area contributed by atoms with Gasteiger partial charge in [-0.2, -0.15) is 0 Å². The summed E-state index contributed by atoms with van der Waals surface area (Å²) in [4.78, 5) is 0. The van der Waals surface area contributed by atoms with Gasteiger partial charge < -0.3 is 9.30 Å². The first-order valence-corrected chi connectivity index (χ1v) is 7.34. The highest BCUT2D eigenvalue weighted by Gasteiger charge is 2.19. The Labute approximate surface area is 113 Å². The molecule has 1 aromatic carbocycles. The number of ether oxygens (including phenoxy) is 1. The monoisotopic (exact) mass is 309 g/mol. The molecule has 1 atom stereocenters. The first-order chi connectivity index (χ1) is 8.33. The third-order valence-electron chi connectivity index (χ3n) is 2.73. The van der Waals surface area contributed by atoms with Crippen molar-refractivity contribution in [3.63, 3.8) is 0 Å². The second-order valence-corrected chi connectivity index (χ2v) is 5.99. The molecule has 0 unspecified atom stereocenters. The fourth-order valence-electron chi connectivity index (χ4n) is 1.88. The topological polar surface area (TPSA) is 14.2 Å². The van der Waals surface area contributed by atoms with Gasteiger partial charge in [-0.3, -0.25) is 0 Å². The molecule has 0 spiro atoms. The molecule has 0 amide bonds. The number of nitrogens with zero attached hydrogens (tertiary/aromatic N) is 1. The lowest BCUT2D eigenvalue weighted by Gasteiger charge is -2.06. The summed E-state index contributed by atoms with van der Waals surface area (Å²) in [5.41, 5.74) is 2.63. The molecule has 1 fully saturated rings. The molecule has 0 aliphatic carbocycles. The van der Waals surface area contributed by atoms with Crippen molar-refractivity contribution in [3.8, 4) is 5.69 Å². The van der Waals surface area contributed by atoms with Gasteiger partial charge in [0, 0.05) is 33.9 Å². The Morgan fingerprint density at radius 2 is 2.06 bits per heavy atom. The summed E-state index contributed by atoms with van der Waals surface area (Å²) in [6.07, 6.45) is 4.23. The zero-order valence-electron chi connectivity index (χ0n) is 9.17. The fourth-order valence-corrected chi connectivity index (χ4v) is 3.07. The molecule has 2 aromatic rings. The quantitative estimate of drug-likeness (QED) is 0.832. The molecule has 2 heterocycles. The van der Waals surface area contributed by atoms with Crippen molar-refractivity contribution in [1.82, 2.24) is 4.57 Å². The molecule has 2 nitrogen and oxygen atoms in total. The van der Waals surface area contributed by atoms with E-state index >= 15 is 0 Å². The van der Waals surface area contributed by atoms with E-state index in [0.717, 1.165) is 16.8 Å². The van der Waals surface area contributed by atoms with Crippen molar-refractivity contribution >= 4 is 27.7 Å². The Kier molecular flexibility index (Phi) is 3.27. The summed E-state index contributed by atoms with van der Waals surface area (Å²) >= 11 is 5.31. The molecule has 0 bridgehead atoms. The van der Waals surface area contributed by atoms with Gasteiger partial charge in [-0.15, -0.1) is 11.8 Å². The van der Waals surface area contributed by atoms with E-state index in [-0.39, 0.29) is 5.44 Å². The number of hydrogen-bond donors (Lipinski definition) is 0. The van der Waals surface area contributed by atoms with Gasteiger partial charge in [0.1, 0.15) is 5.44 Å². The van der Waals surface area contributed by atoms with Gasteiger partial charge in [-0.1, -0.05) is 15.9 Å². The Hall–Kier alpha value is -0.710. The number of aromatic nitrogens is 1. The summed E-state index contributed by atoms with van der Waals surface area (Å²) in [6, 6.07) is 10.4. The molecular weight excluding hydrogens is 298 g/mol. The summed E-state index contributed by atoms with van der Waals surface area (Å²) < 4.78 is 8.88. The van der Waals surface area contributed by atoms with Crippen LogP contribution in [0, 0.1) is 0 Å². The zero-order valence-corrected chi connectivity index (χ0v) is 11.6. The predicted molar refractivity (Wildman–Crippen MR) is 74.6 cm³/mol. The highest BCUT2D eigenvalue weighted by molar-refractivity contribution is 9.10. The Morgan fingerprint density at radius 3 is 2.76 bits per heavy atom. The number of benzene rings is 1. The number of thioether (sulfide) groups is 1. The average Bonchev–Trinajstić information content (AvgIpc) is 3.00. The van der Waals surface area contributed by atoms with Crippen LogP contribution in [0.5, 0.6) is 0 Å². The van der Waals surface area contributed by atoms with Crippen LogP contribution >= 0.6 is 27.7 Å². The number of halogens is 1. The minimum atomic E-state index is 0.215. The first kappa shape index (κ1) is 11.4. The number of rotatable bonds is 2. The van der Waals surface area contributed by atoms with Crippen LogP contribution in [0.4, 0.5) is 0 Å². The molecule has 1 aliphatic rings. The van der Waals surface area contributed by atoms with Crippen molar-refractivity contribution in [2.24, 2.45) is 0 Å². The van der Waals surface area contributed by atoms with Crippen molar-refractivity contribution in [2.75, 3.05) is 12.4 Å². The van der Waals surface area contributed by atoms with Crippen LogP contribution in [-0.4, -0.2) is 16.9 Å². The Balaban J connectivity index is 1.86. The highest BCUT2D eigenvalue weighted by atomic mass is 79.9. The highest BCUT2D eigenvalue weighted by Crippen LogP contribution is 2.35. The largest absolute Gasteiger partial charge is 0.362 e. The lowest BCUT2D eigenvalue weighted by atomic mass is 10.3. The third kappa shape index (κ3) is 2.44. The smallest absolute Gasteiger partial charge is 0.130 e. The summed E-state index contributed by atoms with van der Waals surface area (Å²) in [5, 5.41) is 0. The standard InChI is InChI=1S/C13H12BrNOS/c14-11-1-3-12(4-2-11)15-6-5-10(9-15)13-16-7-8-17-13/h1-6,9,13H,7-8H2/t13-/m1/s1. The average molecular weight is 310 g/mol. The van der Waals surface area contributed by atoms with Crippen molar-refractivity contribution in [2.45, 2.75) is 5.44 Å². The van der Waals surface area contributed by atoms with E-state index < -0.39 is 0 Å². The lowest BCUT2D eigenvalue weighted by molar-refractivity contribution is 0.145. The van der Waals surface area contributed by atoms with Crippen LogP contribution in [-0.2, 0) is 4.74 Å². The molecule has 3 rings (SSSR count). The second-order valence-electron chi connectivity index (χ2n) is 3.90. The summed E-state index contributed by atoms with van der Waals surface area (Å²) in [5.74, 6) is 1.09. The minimum Gasteiger partial charge on any atom is -0.362 e. The fraction of sp³-hybridized carbons (Fsp3) is 0.231. The van der Waals surface area contributed by atoms with Gasteiger partial charge in [0.25, 0.3) is 0 Å². The number of hydrogen-bond acceptors (Lipinski definition) is 2. The van der Waals surface area contributed by atoms with Gasteiger partial charge in [-0.25, -0.2) is 0 Å². The normalized spacial score (nSPS) is 19.7. The van der Waals surface area contributed by atoms with Crippen LogP contribution in [0.25, 0.3) is 5.69 Å². The zero-order chi connectivity index (χ0) is 11.7. The van der Waals surface area contributed by atoms with E-state index in [4.69, 9.17) is 4.74 Å². The van der Waals surface area contributed by atoms with Crippen molar-refractivity contribution in [3.05, 3.63) is 52.8 Å². The van der Waals surface area contributed by atoms with Gasteiger partial charge in [0.15, 0.2) is 0 Å². The van der Waals surface area contributed by atoms with Gasteiger partial charge in [0.2, 0.25) is 0 Å². The second kappa shape index (κ2) is 4.88. The van der Waals surface area contributed by atoms with Crippen LogP contribution in [0.3, 0.4) is 0 Å². The molecule has 0 N–H and O–H groups in total. The van der Waals surface area contributed by atoms with Crippen LogP contribution in [0.15, 0.2) is 47.2 Å². The Bertz CT molecular complexity index is 502. The van der Waals surface area contributed by atoms with E-state index in [0.29, 0.717) is 0 Å². The van der Waals surface area contributed by atoms with Crippen molar-refractivity contribution < 1.29 is 4.74 Å². The summed E-state index contributed by atoms with van der Waals surface area (Å²) in [7, 11) is 0. The molecule has 1 saturated heterocycles. The van der Waals surface area contributed by atoms with Gasteiger partial charge in [0.05, 0.1) is 6.61 Å². The predicted octanol–water partition coefficient (Wildman–Crippen LogP) is 4.00. The van der Waals surface area contributed by atoms with E-state index in [1.165, 1.54) is 11.3 Å². The third-order valence-corrected chi connectivity index (χ3v) is 4.38. The Morgan fingerprint density at radius 1 is 1.24 bits per heavy atom. The molecule has 1 aromatic heterocycles. The van der Waals surface area contributed by atoms with E-state index in [2.05, 4.69) is 63.2 Å². The van der Waals surface area contributed by atoms with Crippen molar-refractivity contribution in [1.29, 1.82) is 0 Å².